The first kappa shape index (κ1) is 11.4. The number of primary sulfonamides is 1. The van der Waals surface area contributed by atoms with Crippen molar-refractivity contribution in [2.75, 3.05) is 0 Å². The van der Waals surface area contributed by atoms with Gasteiger partial charge in [-0.1, -0.05) is 17.9 Å². The van der Waals surface area contributed by atoms with Crippen LogP contribution in [-0.4, -0.2) is 14.7 Å². The molecule has 0 fully saturated rings. The van der Waals surface area contributed by atoms with Gasteiger partial charge in [0.2, 0.25) is 10.0 Å². The minimum Gasteiger partial charge on any atom is -0.302 e. The maximum absolute atomic E-state index is 11.0. The zero-order valence-electron chi connectivity index (χ0n) is 7.80. The van der Waals surface area contributed by atoms with E-state index in [2.05, 4.69) is 11.8 Å². The summed E-state index contributed by atoms with van der Waals surface area (Å²) >= 11 is 0. The smallest absolute Gasteiger partial charge is 0.238 e. The number of rotatable bonds is 2. The fourth-order valence-corrected chi connectivity index (χ4v) is 1.51. The second kappa shape index (κ2) is 4.73. The lowest BCUT2D eigenvalue weighted by Gasteiger charge is -1.97. The molecule has 0 saturated carbocycles. The number of nitrogens with two attached hydrogens (primary N) is 1. The van der Waals surface area contributed by atoms with Crippen LogP contribution in [0.1, 0.15) is 12.0 Å². The maximum atomic E-state index is 11.0. The van der Waals surface area contributed by atoms with Gasteiger partial charge in [-0.2, -0.15) is 0 Å². The Morgan fingerprint density at radius 1 is 1.40 bits per heavy atom. The second-order valence-electron chi connectivity index (χ2n) is 2.75. The molecule has 0 amide bonds. The van der Waals surface area contributed by atoms with Gasteiger partial charge in [0, 0.05) is 5.56 Å². The first-order valence-electron chi connectivity index (χ1n) is 4.09. The fourth-order valence-electron chi connectivity index (χ4n) is 0.946. The molecule has 0 aliphatic rings. The summed E-state index contributed by atoms with van der Waals surface area (Å²) < 4.78 is 22.0. The Labute approximate surface area is 88.2 Å². The lowest BCUT2D eigenvalue weighted by Crippen LogP contribution is -2.11. The van der Waals surface area contributed by atoms with Crippen LogP contribution in [0, 0.1) is 11.8 Å². The summed E-state index contributed by atoms with van der Waals surface area (Å²) in [5, 5.41) is 4.95. The molecule has 0 bridgehead atoms. The molecular weight excluding hydrogens is 214 g/mol. The highest BCUT2D eigenvalue weighted by atomic mass is 32.2. The molecule has 1 rings (SSSR count). The van der Waals surface area contributed by atoms with E-state index in [1.54, 1.807) is 12.1 Å². The first-order chi connectivity index (χ1) is 7.04. The number of carbonyl (C=O) groups excluding carboxylic acids is 1. The van der Waals surface area contributed by atoms with E-state index in [1.807, 2.05) is 0 Å². The van der Waals surface area contributed by atoms with Gasteiger partial charge < -0.3 is 4.79 Å². The second-order valence-corrected chi connectivity index (χ2v) is 4.31. The minimum atomic E-state index is -3.69. The molecule has 15 heavy (non-hydrogen) atoms. The first-order valence-corrected chi connectivity index (χ1v) is 5.64. The zero-order valence-corrected chi connectivity index (χ0v) is 8.62. The third-order valence-electron chi connectivity index (χ3n) is 1.58. The molecule has 0 spiro atoms. The number of aldehydes is 1. The van der Waals surface area contributed by atoms with E-state index in [0.29, 0.717) is 11.8 Å². The van der Waals surface area contributed by atoms with Gasteiger partial charge >= 0.3 is 0 Å². The van der Waals surface area contributed by atoms with Crippen LogP contribution in [0.2, 0.25) is 0 Å². The normalized spacial score (nSPS) is 10.2. The quantitative estimate of drug-likeness (QED) is 0.577. The number of hydrogen-bond donors (Lipinski definition) is 1. The highest BCUT2D eigenvalue weighted by Gasteiger charge is 2.06. The Bertz CT molecular complexity index is 523. The van der Waals surface area contributed by atoms with Gasteiger partial charge in [0.25, 0.3) is 0 Å². The molecule has 0 aliphatic carbocycles. The van der Waals surface area contributed by atoms with Gasteiger partial charge in [-0.15, -0.1) is 0 Å². The number of hydrogen-bond acceptors (Lipinski definition) is 3. The van der Waals surface area contributed by atoms with Gasteiger partial charge in [0.1, 0.15) is 6.29 Å². The molecule has 5 heteroatoms. The molecule has 2 N–H and O–H groups in total. The van der Waals surface area contributed by atoms with Crippen molar-refractivity contribution in [1.29, 1.82) is 0 Å². The number of benzene rings is 1. The predicted molar refractivity (Wildman–Crippen MR) is 55.4 cm³/mol. The highest BCUT2D eigenvalue weighted by Crippen LogP contribution is 2.08. The average Bonchev–Trinajstić information content (AvgIpc) is 2.17. The minimum absolute atomic E-state index is 0.0143. The lowest BCUT2D eigenvalue weighted by atomic mass is 10.2. The van der Waals surface area contributed by atoms with Crippen molar-refractivity contribution >= 4 is 16.3 Å². The van der Waals surface area contributed by atoms with Gasteiger partial charge in [-0.05, 0) is 18.2 Å². The Morgan fingerprint density at radius 2 is 2.13 bits per heavy atom. The Hall–Kier alpha value is -1.64. The molecular formula is C10H9NO3S. The van der Waals surface area contributed by atoms with Crippen LogP contribution in [-0.2, 0) is 14.8 Å². The van der Waals surface area contributed by atoms with E-state index in [0.717, 1.165) is 0 Å². The zero-order chi connectivity index (χ0) is 11.3. The molecule has 0 heterocycles. The SMILES string of the molecule is NS(=O)(=O)c1cccc(C#CCC=O)c1. The monoisotopic (exact) mass is 223 g/mol. The summed E-state index contributed by atoms with van der Waals surface area (Å²) in [5.74, 6) is 5.23. The molecule has 1 aromatic carbocycles. The van der Waals surface area contributed by atoms with Gasteiger partial charge in [0.05, 0.1) is 11.3 Å². The van der Waals surface area contributed by atoms with Gasteiger partial charge in [-0.25, -0.2) is 13.6 Å². The summed E-state index contributed by atoms with van der Waals surface area (Å²) in [4.78, 5) is 10.0. The number of sulfonamides is 1. The fraction of sp³-hybridized carbons (Fsp3) is 0.100. The van der Waals surface area contributed by atoms with Crippen molar-refractivity contribution in [2.24, 2.45) is 5.14 Å². The van der Waals surface area contributed by atoms with Crippen LogP contribution in [0.4, 0.5) is 0 Å². The van der Waals surface area contributed by atoms with Crippen LogP contribution in [0.5, 0.6) is 0 Å². The van der Waals surface area contributed by atoms with Gasteiger partial charge in [-0.3, -0.25) is 0 Å². The van der Waals surface area contributed by atoms with Crippen LogP contribution in [0.15, 0.2) is 29.2 Å². The van der Waals surface area contributed by atoms with E-state index in [9.17, 15) is 13.2 Å². The molecule has 0 unspecified atom stereocenters. The maximum Gasteiger partial charge on any atom is 0.238 e. The Morgan fingerprint density at radius 3 is 2.73 bits per heavy atom. The van der Waals surface area contributed by atoms with Crippen molar-refractivity contribution in [3.05, 3.63) is 29.8 Å². The molecule has 4 nitrogen and oxygen atoms in total. The van der Waals surface area contributed by atoms with E-state index in [1.165, 1.54) is 12.1 Å². The molecule has 0 aromatic heterocycles. The number of carbonyl (C=O) groups is 1. The summed E-state index contributed by atoms with van der Waals surface area (Å²) in [6, 6.07) is 5.95. The predicted octanol–water partition coefficient (Wildman–Crippen LogP) is 0.274. The van der Waals surface area contributed by atoms with Crippen molar-refractivity contribution in [3.63, 3.8) is 0 Å². The summed E-state index contributed by atoms with van der Waals surface area (Å²) in [7, 11) is -3.69. The standard InChI is InChI=1S/C10H9NO3S/c11-15(13,14)10-6-3-5-9(8-10)4-1-2-7-12/h3,5-8H,2H2,(H2,11,13,14). The summed E-state index contributed by atoms with van der Waals surface area (Å²) in [6.07, 6.45) is 0.802. The van der Waals surface area contributed by atoms with Crippen LogP contribution in [0.25, 0.3) is 0 Å². The average molecular weight is 223 g/mol. The molecule has 0 aliphatic heterocycles. The topological polar surface area (TPSA) is 77.2 Å². The molecule has 1 aromatic rings. The van der Waals surface area contributed by atoms with Gasteiger partial charge in [0.15, 0.2) is 0 Å². The van der Waals surface area contributed by atoms with Crippen molar-refractivity contribution in [1.82, 2.24) is 0 Å². The third kappa shape index (κ3) is 3.54. The van der Waals surface area contributed by atoms with Crippen LogP contribution in [0.3, 0.4) is 0 Å². The van der Waals surface area contributed by atoms with E-state index < -0.39 is 10.0 Å². The van der Waals surface area contributed by atoms with Crippen molar-refractivity contribution in [3.8, 4) is 11.8 Å². The largest absolute Gasteiger partial charge is 0.302 e. The molecule has 0 radical (unpaired) electrons. The van der Waals surface area contributed by atoms with E-state index in [4.69, 9.17) is 5.14 Å². The Balaban J connectivity index is 3.05. The molecule has 0 atom stereocenters. The third-order valence-corrected chi connectivity index (χ3v) is 2.49. The van der Waals surface area contributed by atoms with Crippen LogP contribution >= 0.6 is 0 Å². The lowest BCUT2D eigenvalue weighted by molar-refractivity contribution is -0.107. The molecule has 0 saturated heterocycles. The van der Waals surface area contributed by atoms with Crippen molar-refractivity contribution in [2.45, 2.75) is 11.3 Å². The molecule has 78 valence electrons. The van der Waals surface area contributed by atoms with E-state index >= 15 is 0 Å². The van der Waals surface area contributed by atoms with Crippen molar-refractivity contribution < 1.29 is 13.2 Å². The van der Waals surface area contributed by atoms with E-state index in [-0.39, 0.29) is 11.3 Å². The summed E-state index contributed by atoms with van der Waals surface area (Å²) in [6.45, 7) is 0. The highest BCUT2D eigenvalue weighted by molar-refractivity contribution is 7.89. The Kier molecular flexibility index (Phi) is 3.61. The summed E-state index contributed by atoms with van der Waals surface area (Å²) in [5.41, 5.74) is 0.517. The van der Waals surface area contributed by atoms with Crippen LogP contribution < -0.4 is 5.14 Å².